The van der Waals surface area contributed by atoms with E-state index in [0.29, 0.717) is 5.56 Å². The second kappa shape index (κ2) is 4.97. The molecule has 0 heterocycles. The number of phenolic OH excluding ortho intramolecular Hbond substituents is 1. The van der Waals surface area contributed by atoms with Crippen molar-refractivity contribution in [2.24, 2.45) is 5.73 Å². The third kappa shape index (κ3) is 3.04. The van der Waals surface area contributed by atoms with E-state index in [9.17, 15) is 18.0 Å². The highest BCUT2D eigenvalue weighted by atomic mass is 19.4. The Morgan fingerprint density at radius 2 is 1.90 bits per heavy atom. The van der Waals surface area contributed by atoms with E-state index in [0.717, 1.165) is 0 Å². The maximum absolute atomic E-state index is 12.7. The van der Waals surface area contributed by atoms with Crippen LogP contribution in [0.1, 0.15) is 18.4 Å². The summed E-state index contributed by atoms with van der Waals surface area (Å²) in [7, 11) is 0. The van der Waals surface area contributed by atoms with Gasteiger partial charge in [-0.15, -0.1) is 0 Å². The summed E-state index contributed by atoms with van der Waals surface area (Å²) in [5.74, 6) is -0.742. The van der Waals surface area contributed by atoms with Gasteiger partial charge >= 0.3 is 6.18 Å². The highest BCUT2D eigenvalue weighted by Crippen LogP contribution is 2.48. The fourth-order valence-electron chi connectivity index (χ4n) is 1.91. The molecular formula is C13H15F3N2O2. The van der Waals surface area contributed by atoms with E-state index in [1.807, 2.05) is 5.32 Å². The van der Waals surface area contributed by atoms with Crippen LogP contribution < -0.4 is 11.1 Å². The number of rotatable bonds is 4. The summed E-state index contributed by atoms with van der Waals surface area (Å²) in [6.45, 7) is 0. The van der Waals surface area contributed by atoms with E-state index in [1.165, 1.54) is 12.1 Å². The molecule has 1 aromatic carbocycles. The normalized spacial score (nSPS) is 18.4. The predicted octanol–water partition coefficient (Wildman–Crippen LogP) is 1.47. The molecule has 2 rings (SSSR count). The first-order valence-corrected chi connectivity index (χ1v) is 6.16. The summed E-state index contributed by atoms with van der Waals surface area (Å²) in [5.41, 5.74) is 4.21. The zero-order valence-electron chi connectivity index (χ0n) is 10.6. The monoisotopic (exact) mass is 288 g/mol. The molecule has 0 radical (unpaired) electrons. The zero-order valence-corrected chi connectivity index (χ0v) is 10.6. The molecule has 1 atom stereocenters. The van der Waals surface area contributed by atoms with Gasteiger partial charge in [-0.25, -0.2) is 0 Å². The van der Waals surface area contributed by atoms with Crippen molar-refractivity contribution in [3.63, 3.8) is 0 Å². The summed E-state index contributed by atoms with van der Waals surface area (Å²) in [5, 5.41) is 11.1. The summed E-state index contributed by atoms with van der Waals surface area (Å²) in [6.07, 6.45) is -4.54. The maximum atomic E-state index is 12.7. The molecule has 4 N–H and O–H groups in total. The second-order valence-electron chi connectivity index (χ2n) is 5.05. The van der Waals surface area contributed by atoms with Crippen LogP contribution >= 0.6 is 0 Å². The van der Waals surface area contributed by atoms with Crippen molar-refractivity contribution in [3.05, 3.63) is 29.8 Å². The summed E-state index contributed by atoms with van der Waals surface area (Å²) < 4.78 is 38.1. The van der Waals surface area contributed by atoms with E-state index >= 15 is 0 Å². The van der Waals surface area contributed by atoms with Gasteiger partial charge in [0.05, 0.1) is 6.04 Å². The third-order valence-electron chi connectivity index (χ3n) is 3.38. The number of hydrogen-bond donors (Lipinski definition) is 3. The molecule has 1 saturated carbocycles. The van der Waals surface area contributed by atoms with E-state index in [4.69, 9.17) is 10.8 Å². The molecule has 0 spiro atoms. The van der Waals surface area contributed by atoms with Crippen LogP contribution in [-0.2, 0) is 11.2 Å². The van der Waals surface area contributed by atoms with Gasteiger partial charge in [0, 0.05) is 0 Å². The molecule has 4 nitrogen and oxygen atoms in total. The Morgan fingerprint density at radius 3 is 2.35 bits per heavy atom. The van der Waals surface area contributed by atoms with E-state index in [2.05, 4.69) is 0 Å². The number of aromatic hydroxyl groups is 1. The highest BCUT2D eigenvalue weighted by Gasteiger charge is 2.64. The average molecular weight is 288 g/mol. The SMILES string of the molecule is NC(Cc1ccc(O)cc1)C(=O)NC1(C(F)(F)F)CC1. The van der Waals surface area contributed by atoms with Crippen LogP contribution in [0.15, 0.2) is 24.3 Å². The van der Waals surface area contributed by atoms with E-state index in [-0.39, 0.29) is 25.0 Å². The standard InChI is InChI=1S/C13H15F3N2O2/c14-13(15,16)12(5-6-12)18-11(20)10(17)7-8-1-3-9(19)4-2-8/h1-4,10,19H,5-7,17H2,(H,18,20). The number of alkyl halides is 3. The fraction of sp³-hybridized carbons (Fsp3) is 0.462. The molecule has 0 aliphatic heterocycles. The lowest BCUT2D eigenvalue weighted by atomic mass is 10.1. The van der Waals surface area contributed by atoms with Gasteiger partial charge in [0.15, 0.2) is 0 Å². The first kappa shape index (κ1) is 14.6. The molecule has 1 amide bonds. The van der Waals surface area contributed by atoms with Gasteiger partial charge in [-0.05, 0) is 37.0 Å². The summed E-state index contributed by atoms with van der Waals surface area (Å²) in [6, 6.07) is 4.94. The number of carbonyl (C=O) groups excluding carboxylic acids is 1. The Balaban J connectivity index is 1.94. The van der Waals surface area contributed by atoms with Gasteiger partial charge in [-0.2, -0.15) is 13.2 Å². The topological polar surface area (TPSA) is 75.3 Å². The quantitative estimate of drug-likeness (QED) is 0.785. The number of amides is 1. The number of nitrogens with two attached hydrogens (primary N) is 1. The van der Waals surface area contributed by atoms with Gasteiger partial charge in [-0.3, -0.25) is 4.79 Å². The smallest absolute Gasteiger partial charge is 0.411 e. The minimum absolute atomic E-state index is 0.0702. The minimum atomic E-state index is -4.44. The van der Waals surface area contributed by atoms with E-state index < -0.39 is 23.7 Å². The number of hydrogen-bond acceptors (Lipinski definition) is 3. The van der Waals surface area contributed by atoms with Crippen molar-refractivity contribution in [1.29, 1.82) is 0 Å². The molecule has 1 aliphatic carbocycles. The number of halogens is 3. The first-order valence-electron chi connectivity index (χ1n) is 6.16. The molecule has 110 valence electrons. The van der Waals surface area contributed by atoms with Crippen LogP contribution in [0.5, 0.6) is 5.75 Å². The van der Waals surface area contributed by atoms with Gasteiger partial charge in [0.25, 0.3) is 0 Å². The van der Waals surface area contributed by atoms with Crippen LogP contribution in [0.25, 0.3) is 0 Å². The van der Waals surface area contributed by atoms with Gasteiger partial charge in [0.2, 0.25) is 5.91 Å². The summed E-state index contributed by atoms with van der Waals surface area (Å²) >= 11 is 0. The second-order valence-corrected chi connectivity index (χ2v) is 5.05. The van der Waals surface area contributed by atoms with Crippen LogP contribution in [0.3, 0.4) is 0 Å². The molecule has 7 heteroatoms. The highest BCUT2D eigenvalue weighted by molar-refractivity contribution is 5.83. The maximum Gasteiger partial charge on any atom is 0.411 e. The van der Waals surface area contributed by atoms with Crippen LogP contribution in [0.4, 0.5) is 13.2 Å². The molecule has 0 bridgehead atoms. The Hall–Kier alpha value is -1.76. The number of phenols is 1. The Bertz CT molecular complexity index is 495. The summed E-state index contributed by atoms with van der Waals surface area (Å²) in [4.78, 5) is 11.7. The van der Waals surface area contributed by atoms with Crippen molar-refractivity contribution >= 4 is 5.91 Å². The number of benzene rings is 1. The van der Waals surface area contributed by atoms with Crippen molar-refractivity contribution in [3.8, 4) is 5.75 Å². The minimum Gasteiger partial charge on any atom is -0.508 e. The molecule has 0 saturated heterocycles. The van der Waals surface area contributed by atoms with Crippen LogP contribution in [-0.4, -0.2) is 28.8 Å². The largest absolute Gasteiger partial charge is 0.508 e. The van der Waals surface area contributed by atoms with Crippen LogP contribution in [0, 0.1) is 0 Å². The van der Waals surface area contributed by atoms with Crippen molar-refractivity contribution < 1.29 is 23.1 Å². The lowest BCUT2D eigenvalue weighted by Crippen LogP contribution is -2.53. The first-order chi connectivity index (χ1) is 9.23. The molecule has 1 fully saturated rings. The average Bonchev–Trinajstić information content (AvgIpc) is 3.12. The van der Waals surface area contributed by atoms with Gasteiger partial charge in [0.1, 0.15) is 11.3 Å². The lowest BCUT2D eigenvalue weighted by molar-refractivity contribution is -0.170. The van der Waals surface area contributed by atoms with Crippen molar-refractivity contribution in [2.45, 2.75) is 37.0 Å². The fourth-order valence-corrected chi connectivity index (χ4v) is 1.91. The Kier molecular flexibility index (Phi) is 3.64. The predicted molar refractivity (Wildman–Crippen MR) is 65.9 cm³/mol. The van der Waals surface area contributed by atoms with Crippen LogP contribution in [0.2, 0.25) is 0 Å². The molecule has 0 aromatic heterocycles. The molecule has 1 aromatic rings. The molecule has 1 unspecified atom stereocenters. The molecular weight excluding hydrogens is 273 g/mol. The third-order valence-corrected chi connectivity index (χ3v) is 3.38. The zero-order chi connectivity index (χ0) is 15.0. The van der Waals surface area contributed by atoms with Gasteiger partial charge < -0.3 is 16.2 Å². The molecule has 1 aliphatic rings. The number of nitrogens with one attached hydrogen (secondary N) is 1. The van der Waals surface area contributed by atoms with Crippen molar-refractivity contribution in [1.82, 2.24) is 5.32 Å². The Morgan fingerprint density at radius 1 is 1.35 bits per heavy atom. The lowest BCUT2D eigenvalue weighted by Gasteiger charge is -2.22. The molecule has 20 heavy (non-hydrogen) atoms. The Labute approximate surface area is 113 Å². The number of carbonyl (C=O) groups is 1. The van der Waals surface area contributed by atoms with E-state index in [1.54, 1.807) is 12.1 Å². The van der Waals surface area contributed by atoms with Crippen molar-refractivity contribution in [2.75, 3.05) is 0 Å². The van der Waals surface area contributed by atoms with Gasteiger partial charge in [-0.1, -0.05) is 12.1 Å².